The lowest BCUT2D eigenvalue weighted by Gasteiger charge is -2.11. The van der Waals surface area contributed by atoms with Crippen molar-refractivity contribution in [1.82, 2.24) is 0 Å². The molecule has 0 unspecified atom stereocenters. The fraction of sp³-hybridized carbons (Fsp3) is 0.188. The minimum atomic E-state index is -0.0597. The van der Waals surface area contributed by atoms with Gasteiger partial charge in [-0.1, -0.05) is 0 Å². The van der Waals surface area contributed by atoms with Crippen molar-refractivity contribution in [3.05, 3.63) is 52.0 Å². The first-order chi connectivity index (χ1) is 10.1. The zero-order chi connectivity index (χ0) is 15.4. The molecular formula is C16H15BrO3S. The molecule has 0 aliphatic carbocycles. The average Bonchev–Trinajstić information content (AvgIpc) is 2.54. The van der Waals surface area contributed by atoms with E-state index in [0.717, 1.165) is 4.90 Å². The van der Waals surface area contributed by atoms with Crippen LogP contribution in [0.25, 0.3) is 0 Å². The van der Waals surface area contributed by atoms with Crippen LogP contribution in [0.15, 0.2) is 45.8 Å². The van der Waals surface area contributed by atoms with E-state index >= 15 is 0 Å². The van der Waals surface area contributed by atoms with E-state index in [1.54, 1.807) is 38.1 Å². The van der Waals surface area contributed by atoms with Gasteiger partial charge in [-0.05, 0) is 58.6 Å². The van der Waals surface area contributed by atoms with Crippen molar-refractivity contribution in [2.75, 3.05) is 20.5 Å². The first kappa shape index (κ1) is 15.9. The molecule has 0 heterocycles. The van der Waals surface area contributed by atoms with Crippen molar-refractivity contribution >= 4 is 33.5 Å². The van der Waals surface area contributed by atoms with Crippen LogP contribution in [0.3, 0.4) is 0 Å². The lowest BCUT2D eigenvalue weighted by atomic mass is 10.0. The van der Waals surface area contributed by atoms with Crippen LogP contribution in [-0.2, 0) is 0 Å². The molecule has 5 heteroatoms. The van der Waals surface area contributed by atoms with E-state index < -0.39 is 0 Å². The summed E-state index contributed by atoms with van der Waals surface area (Å²) in [4.78, 5) is 13.7. The molecule has 0 radical (unpaired) electrons. The number of carbonyl (C=O) groups is 1. The highest BCUT2D eigenvalue weighted by atomic mass is 79.9. The van der Waals surface area contributed by atoms with Gasteiger partial charge in [0.1, 0.15) is 0 Å². The molecule has 0 amide bonds. The third-order valence-corrected chi connectivity index (χ3v) is 4.47. The second-order valence-corrected chi connectivity index (χ2v) is 5.98. The van der Waals surface area contributed by atoms with E-state index in [1.165, 1.54) is 0 Å². The Kier molecular flexibility index (Phi) is 5.31. The molecule has 0 aliphatic heterocycles. The van der Waals surface area contributed by atoms with Gasteiger partial charge in [0.2, 0.25) is 0 Å². The molecule has 0 saturated carbocycles. The summed E-state index contributed by atoms with van der Waals surface area (Å²) < 4.78 is 11.2. The Morgan fingerprint density at radius 1 is 1.05 bits per heavy atom. The normalized spacial score (nSPS) is 10.3. The Morgan fingerprint density at radius 3 is 2.14 bits per heavy atom. The van der Waals surface area contributed by atoms with Gasteiger partial charge in [0.25, 0.3) is 0 Å². The van der Waals surface area contributed by atoms with Crippen LogP contribution in [0.1, 0.15) is 15.9 Å². The lowest BCUT2D eigenvalue weighted by Crippen LogP contribution is -2.04. The van der Waals surface area contributed by atoms with Gasteiger partial charge >= 0.3 is 0 Å². The van der Waals surface area contributed by atoms with Gasteiger partial charge in [-0.15, -0.1) is 11.8 Å². The van der Waals surface area contributed by atoms with Crippen LogP contribution in [0.2, 0.25) is 0 Å². The van der Waals surface area contributed by atoms with Crippen LogP contribution >= 0.6 is 27.7 Å². The Balaban J connectivity index is 2.42. The molecule has 0 atom stereocenters. The molecule has 110 valence electrons. The van der Waals surface area contributed by atoms with Crippen molar-refractivity contribution in [2.45, 2.75) is 4.90 Å². The highest BCUT2D eigenvalue weighted by molar-refractivity contribution is 9.10. The number of carbonyl (C=O) groups excluding carboxylic acids is 1. The topological polar surface area (TPSA) is 35.5 Å². The van der Waals surface area contributed by atoms with E-state index in [4.69, 9.17) is 9.47 Å². The minimum Gasteiger partial charge on any atom is -0.493 e. The van der Waals surface area contributed by atoms with Crippen LogP contribution < -0.4 is 9.47 Å². The number of rotatable bonds is 5. The largest absolute Gasteiger partial charge is 0.493 e. The predicted octanol–water partition coefficient (Wildman–Crippen LogP) is 4.42. The predicted molar refractivity (Wildman–Crippen MR) is 88.9 cm³/mol. The SMILES string of the molecule is COc1cc(Br)c(C(=O)c2ccc(SC)cc2)cc1OC. The number of methoxy groups -OCH3 is 2. The zero-order valence-electron chi connectivity index (χ0n) is 12.0. The first-order valence-electron chi connectivity index (χ1n) is 6.21. The fourth-order valence-electron chi connectivity index (χ4n) is 1.93. The summed E-state index contributed by atoms with van der Waals surface area (Å²) in [6.07, 6.45) is 2.00. The van der Waals surface area contributed by atoms with Gasteiger partial charge < -0.3 is 9.47 Å². The van der Waals surface area contributed by atoms with E-state index in [-0.39, 0.29) is 5.78 Å². The smallest absolute Gasteiger partial charge is 0.194 e. The number of thioether (sulfide) groups is 1. The molecule has 21 heavy (non-hydrogen) atoms. The summed E-state index contributed by atoms with van der Waals surface area (Å²) in [6, 6.07) is 11.0. The maximum absolute atomic E-state index is 12.6. The molecule has 0 aliphatic rings. The van der Waals surface area contributed by atoms with Crippen molar-refractivity contribution < 1.29 is 14.3 Å². The first-order valence-corrected chi connectivity index (χ1v) is 8.22. The Bertz CT molecular complexity index is 653. The average molecular weight is 367 g/mol. The number of ether oxygens (including phenoxy) is 2. The van der Waals surface area contributed by atoms with E-state index in [2.05, 4.69) is 15.9 Å². The third-order valence-electron chi connectivity index (χ3n) is 3.07. The molecule has 0 saturated heterocycles. The van der Waals surface area contributed by atoms with Gasteiger partial charge in [-0.25, -0.2) is 0 Å². The monoisotopic (exact) mass is 366 g/mol. The number of ketones is 1. The highest BCUT2D eigenvalue weighted by Gasteiger charge is 2.17. The molecule has 0 spiro atoms. The maximum atomic E-state index is 12.6. The Hall–Kier alpha value is -1.46. The Labute approximate surface area is 136 Å². The summed E-state index contributed by atoms with van der Waals surface area (Å²) in [5.74, 6) is 1.05. The minimum absolute atomic E-state index is 0.0597. The second-order valence-electron chi connectivity index (χ2n) is 4.24. The maximum Gasteiger partial charge on any atom is 0.194 e. The van der Waals surface area contributed by atoms with E-state index in [9.17, 15) is 4.79 Å². The Morgan fingerprint density at radius 2 is 1.62 bits per heavy atom. The zero-order valence-corrected chi connectivity index (χ0v) is 14.4. The van der Waals surface area contributed by atoms with Crippen LogP contribution in [0.4, 0.5) is 0 Å². The van der Waals surface area contributed by atoms with Crippen molar-refractivity contribution in [2.24, 2.45) is 0 Å². The summed E-state index contributed by atoms with van der Waals surface area (Å²) >= 11 is 5.06. The molecule has 2 aromatic rings. The summed E-state index contributed by atoms with van der Waals surface area (Å²) in [5.41, 5.74) is 1.19. The van der Waals surface area contributed by atoms with E-state index in [0.29, 0.717) is 27.1 Å². The molecule has 3 nitrogen and oxygen atoms in total. The number of benzene rings is 2. The molecular weight excluding hydrogens is 352 g/mol. The van der Waals surface area contributed by atoms with Gasteiger partial charge in [-0.3, -0.25) is 4.79 Å². The standard InChI is InChI=1S/C16H15BrO3S/c1-19-14-8-12(13(17)9-15(14)20-2)16(18)10-4-6-11(21-3)7-5-10/h4-9H,1-3H3. The van der Waals surface area contributed by atoms with Gasteiger partial charge in [-0.2, -0.15) is 0 Å². The molecule has 2 aromatic carbocycles. The number of hydrogen-bond acceptors (Lipinski definition) is 4. The number of halogens is 1. The van der Waals surface area contributed by atoms with Crippen molar-refractivity contribution in [1.29, 1.82) is 0 Å². The number of hydrogen-bond donors (Lipinski definition) is 0. The molecule has 0 aromatic heterocycles. The van der Waals surface area contributed by atoms with Gasteiger partial charge in [0.05, 0.1) is 14.2 Å². The van der Waals surface area contributed by atoms with Gasteiger partial charge in [0.15, 0.2) is 17.3 Å². The van der Waals surface area contributed by atoms with Crippen LogP contribution in [0.5, 0.6) is 11.5 Å². The summed E-state index contributed by atoms with van der Waals surface area (Å²) in [6.45, 7) is 0. The molecule has 0 fully saturated rings. The third kappa shape index (κ3) is 3.41. The summed E-state index contributed by atoms with van der Waals surface area (Å²) in [5, 5.41) is 0. The fourth-order valence-corrected chi connectivity index (χ4v) is 2.84. The molecule has 2 rings (SSSR count). The highest BCUT2D eigenvalue weighted by Crippen LogP contribution is 2.34. The summed E-state index contributed by atoms with van der Waals surface area (Å²) in [7, 11) is 3.11. The lowest BCUT2D eigenvalue weighted by molar-refractivity contribution is 0.103. The van der Waals surface area contributed by atoms with E-state index in [1.807, 2.05) is 30.5 Å². The van der Waals surface area contributed by atoms with Crippen molar-refractivity contribution in [3.63, 3.8) is 0 Å². The molecule has 0 bridgehead atoms. The quantitative estimate of drug-likeness (QED) is 0.579. The van der Waals surface area contributed by atoms with Gasteiger partial charge in [0, 0.05) is 20.5 Å². The van der Waals surface area contributed by atoms with Crippen LogP contribution in [0, 0.1) is 0 Å². The van der Waals surface area contributed by atoms with Crippen molar-refractivity contribution in [3.8, 4) is 11.5 Å². The molecule has 0 N–H and O–H groups in total. The van der Waals surface area contributed by atoms with Crippen LogP contribution in [-0.4, -0.2) is 26.3 Å². The second kappa shape index (κ2) is 7.00.